The van der Waals surface area contributed by atoms with Crippen LogP contribution in [0.4, 0.5) is 19.0 Å². The molecule has 0 radical (unpaired) electrons. The average Bonchev–Trinajstić information content (AvgIpc) is 2.75. The molecule has 0 spiro atoms. The van der Waals surface area contributed by atoms with Gasteiger partial charge in [-0.25, -0.2) is 8.42 Å². The molecule has 3 N–H and O–H groups in total. The summed E-state index contributed by atoms with van der Waals surface area (Å²) >= 11 is 0. The second-order valence-corrected chi connectivity index (χ2v) is 5.60. The van der Waals surface area contributed by atoms with Crippen molar-refractivity contribution in [3.05, 3.63) is 36.0 Å². The Morgan fingerprint density at radius 3 is 2.47 bits per heavy atom. The molecule has 0 saturated heterocycles. The van der Waals surface area contributed by atoms with Crippen LogP contribution in [-0.2, 0) is 16.0 Å². The van der Waals surface area contributed by atoms with Crippen LogP contribution < -0.4 is 5.73 Å². The van der Waals surface area contributed by atoms with E-state index in [1.54, 1.807) is 0 Å². The van der Waals surface area contributed by atoms with Gasteiger partial charge in [0.25, 0.3) is 0 Å². The van der Waals surface area contributed by atoms with Gasteiger partial charge >= 0.3 is 6.18 Å². The minimum absolute atomic E-state index is 0.225. The number of hydrogen-bond acceptors (Lipinski definition) is 4. The number of halogens is 3. The fourth-order valence-electron chi connectivity index (χ4n) is 1.47. The van der Waals surface area contributed by atoms with Crippen LogP contribution in [-0.4, -0.2) is 18.6 Å². The first-order chi connectivity index (χ1) is 8.73. The number of rotatable bonds is 2. The number of aromatic nitrogens is 2. The van der Waals surface area contributed by atoms with Crippen LogP contribution in [0.3, 0.4) is 0 Å². The number of nitrogen functional groups attached to an aromatic ring is 1. The molecule has 0 atom stereocenters. The summed E-state index contributed by atoms with van der Waals surface area (Å²) in [6.07, 6.45) is -3.67. The van der Waals surface area contributed by atoms with Gasteiger partial charge in [-0.2, -0.15) is 18.3 Å². The zero-order chi connectivity index (χ0) is 14.3. The smallest absolute Gasteiger partial charge is 0.383 e. The van der Waals surface area contributed by atoms with Crippen molar-refractivity contribution in [3.63, 3.8) is 0 Å². The minimum Gasteiger partial charge on any atom is -0.383 e. The molecule has 0 aliphatic heterocycles. The Morgan fingerprint density at radius 2 is 1.95 bits per heavy atom. The second-order valence-electron chi connectivity index (χ2n) is 3.68. The Morgan fingerprint density at radius 1 is 1.26 bits per heavy atom. The van der Waals surface area contributed by atoms with Crippen molar-refractivity contribution in [2.45, 2.75) is 16.0 Å². The van der Waals surface area contributed by atoms with E-state index in [-0.39, 0.29) is 10.7 Å². The lowest BCUT2D eigenvalue weighted by atomic mass is 10.2. The van der Waals surface area contributed by atoms with E-state index in [9.17, 15) is 21.6 Å². The number of nitrogens with two attached hydrogens (primary N) is 1. The van der Waals surface area contributed by atoms with E-state index >= 15 is 0 Å². The van der Waals surface area contributed by atoms with Crippen molar-refractivity contribution in [3.8, 4) is 0 Å². The molecule has 0 amide bonds. The van der Waals surface area contributed by atoms with Gasteiger partial charge < -0.3 is 5.73 Å². The van der Waals surface area contributed by atoms with E-state index in [0.29, 0.717) is 6.07 Å². The molecule has 0 bridgehead atoms. The molecule has 0 fully saturated rings. The first-order valence-electron chi connectivity index (χ1n) is 4.94. The quantitative estimate of drug-likeness (QED) is 0.883. The van der Waals surface area contributed by atoms with Gasteiger partial charge in [-0.1, -0.05) is 6.07 Å². The van der Waals surface area contributed by atoms with Gasteiger partial charge in [-0.3, -0.25) is 5.10 Å². The summed E-state index contributed by atoms with van der Waals surface area (Å²) in [6, 6.07) is 3.43. The van der Waals surface area contributed by atoms with E-state index < -0.39 is 26.5 Å². The normalized spacial score (nSPS) is 12.6. The van der Waals surface area contributed by atoms with Crippen molar-refractivity contribution in [1.29, 1.82) is 0 Å². The highest BCUT2D eigenvalue weighted by Crippen LogP contribution is 2.32. The third kappa shape index (κ3) is 2.41. The molecule has 1 aromatic carbocycles. The van der Waals surface area contributed by atoms with Gasteiger partial charge in [0.05, 0.1) is 16.7 Å². The third-order valence-corrected chi connectivity index (χ3v) is 4.17. The van der Waals surface area contributed by atoms with Crippen LogP contribution in [0.25, 0.3) is 0 Å². The molecule has 5 nitrogen and oxygen atoms in total. The maximum atomic E-state index is 12.5. The van der Waals surface area contributed by atoms with Crippen LogP contribution >= 0.6 is 0 Å². The average molecular weight is 291 g/mol. The number of alkyl halides is 3. The van der Waals surface area contributed by atoms with Crippen LogP contribution in [0, 0.1) is 0 Å². The number of benzene rings is 1. The summed E-state index contributed by atoms with van der Waals surface area (Å²) < 4.78 is 61.8. The number of hydrogen-bond donors (Lipinski definition) is 2. The molecule has 0 aliphatic carbocycles. The standard InChI is InChI=1S/C10H8F3N3O2S/c11-10(12,13)6-2-1-3-7(4-6)19(17,18)8-5-15-16-9(8)14/h1-5H,(H3,14,15,16). The van der Waals surface area contributed by atoms with Crippen molar-refractivity contribution >= 4 is 15.7 Å². The van der Waals surface area contributed by atoms with Gasteiger partial charge in [0.1, 0.15) is 10.7 Å². The molecule has 2 aromatic rings. The van der Waals surface area contributed by atoms with Gasteiger partial charge in [0.2, 0.25) is 9.84 Å². The largest absolute Gasteiger partial charge is 0.416 e. The van der Waals surface area contributed by atoms with Gasteiger partial charge in [0.15, 0.2) is 0 Å². The van der Waals surface area contributed by atoms with Crippen LogP contribution in [0.1, 0.15) is 5.56 Å². The first kappa shape index (κ1) is 13.4. The molecule has 19 heavy (non-hydrogen) atoms. The Labute approximate surface area is 106 Å². The predicted molar refractivity (Wildman–Crippen MR) is 59.9 cm³/mol. The molecule has 2 rings (SSSR count). The molecule has 0 unspecified atom stereocenters. The minimum atomic E-state index is -4.62. The molecule has 0 aliphatic rings. The predicted octanol–water partition coefficient (Wildman–Crippen LogP) is 1.84. The van der Waals surface area contributed by atoms with E-state index in [1.807, 2.05) is 0 Å². The second kappa shape index (κ2) is 4.26. The molecule has 1 heterocycles. The van der Waals surface area contributed by atoms with Crippen molar-refractivity contribution < 1.29 is 21.6 Å². The fraction of sp³-hybridized carbons (Fsp3) is 0.100. The topological polar surface area (TPSA) is 88.8 Å². The van der Waals surface area contributed by atoms with Crippen LogP contribution in [0.15, 0.2) is 40.3 Å². The maximum Gasteiger partial charge on any atom is 0.416 e. The highest BCUT2D eigenvalue weighted by atomic mass is 32.2. The summed E-state index contributed by atoms with van der Waals surface area (Å²) in [6.45, 7) is 0. The SMILES string of the molecule is Nc1[nH]ncc1S(=O)(=O)c1cccc(C(F)(F)F)c1. The molecule has 1 aromatic heterocycles. The molecular formula is C10H8F3N3O2S. The van der Waals surface area contributed by atoms with Crippen molar-refractivity contribution in [2.24, 2.45) is 0 Å². The summed E-state index contributed by atoms with van der Waals surface area (Å²) in [7, 11) is -4.13. The summed E-state index contributed by atoms with van der Waals surface area (Å²) in [5, 5.41) is 5.65. The number of anilines is 1. The van der Waals surface area contributed by atoms with Crippen LogP contribution in [0.2, 0.25) is 0 Å². The van der Waals surface area contributed by atoms with Crippen molar-refractivity contribution in [2.75, 3.05) is 5.73 Å². The van der Waals surface area contributed by atoms with E-state index in [0.717, 1.165) is 24.4 Å². The van der Waals surface area contributed by atoms with Gasteiger partial charge in [-0.05, 0) is 18.2 Å². The molecule has 0 saturated carbocycles. The number of nitrogens with zero attached hydrogens (tertiary/aromatic N) is 1. The lowest BCUT2D eigenvalue weighted by molar-refractivity contribution is -0.137. The monoisotopic (exact) mass is 291 g/mol. The van der Waals surface area contributed by atoms with Gasteiger partial charge in [-0.15, -0.1) is 0 Å². The van der Waals surface area contributed by atoms with Crippen LogP contribution in [0.5, 0.6) is 0 Å². The van der Waals surface area contributed by atoms with E-state index in [4.69, 9.17) is 5.73 Å². The fourth-order valence-corrected chi connectivity index (χ4v) is 2.79. The van der Waals surface area contributed by atoms with Gasteiger partial charge in [0, 0.05) is 0 Å². The highest BCUT2D eigenvalue weighted by molar-refractivity contribution is 7.91. The summed E-state index contributed by atoms with van der Waals surface area (Å²) in [5.41, 5.74) is 4.32. The zero-order valence-corrected chi connectivity index (χ0v) is 10.1. The zero-order valence-electron chi connectivity index (χ0n) is 9.27. The first-order valence-corrected chi connectivity index (χ1v) is 6.42. The maximum absolute atomic E-state index is 12.5. The number of sulfone groups is 1. The lowest BCUT2D eigenvalue weighted by Crippen LogP contribution is -2.08. The number of aromatic amines is 1. The third-order valence-electron chi connectivity index (χ3n) is 2.39. The Bertz CT molecular complexity index is 707. The molecule has 9 heteroatoms. The molecule has 102 valence electrons. The Balaban J connectivity index is 2.57. The van der Waals surface area contributed by atoms with Crippen molar-refractivity contribution in [1.82, 2.24) is 10.2 Å². The Hall–Kier alpha value is -2.03. The summed E-state index contributed by atoms with van der Waals surface area (Å²) in [4.78, 5) is -0.845. The Kier molecular flexibility index (Phi) is 3.01. The van der Waals surface area contributed by atoms with E-state index in [2.05, 4.69) is 10.2 Å². The summed E-state index contributed by atoms with van der Waals surface area (Å²) in [5.74, 6) is -0.225. The number of nitrogens with one attached hydrogen (secondary N) is 1. The van der Waals surface area contributed by atoms with E-state index in [1.165, 1.54) is 0 Å². The highest BCUT2D eigenvalue weighted by Gasteiger charge is 2.32. The molecular weight excluding hydrogens is 283 g/mol. The lowest BCUT2D eigenvalue weighted by Gasteiger charge is -2.08. The number of H-pyrrole nitrogens is 1.